The second kappa shape index (κ2) is 9.90. The Hall–Kier alpha value is -2.85. The summed E-state index contributed by atoms with van der Waals surface area (Å²) in [6.07, 6.45) is 2.49. The number of halogens is 1. The molecule has 1 heterocycles. The lowest BCUT2D eigenvalue weighted by atomic mass is 10.1. The van der Waals surface area contributed by atoms with Gasteiger partial charge in [-0.25, -0.2) is 4.79 Å². The second-order valence-corrected chi connectivity index (χ2v) is 7.19. The Labute approximate surface area is 172 Å². The third-order valence-electron chi connectivity index (χ3n) is 4.16. The van der Waals surface area contributed by atoms with Crippen LogP contribution in [0.4, 0.5) is 5.69 Å². The predicted octanol–water partition coefficient (Wildman–Crippen LogP) is 4.37. The number of carbonyl (C=O) groups excluding carboxylic acids is 2. The van der Waals surface area contributed by atoms with Crippen LogP contribution in [0.1, 0.15) is 30.3 Å². The molecule has 0 unspecified atom stereocenters. The molecule has 0 radical (unpaired) electrons. The van der Waals surface area contributed by atoms with Crippen LogP contribution in [0.15, 0.2) is 40.4 Å². The molecule has 1 aromatic heterocycles. The number of benzene rings is 1. The Bertz CT molecular complexity index is 937. The molecule has 1 amide bonds. The van der Waals surface area contributed by atoms with Gasteiger partial charge in [-0.1, -0.05) is 22.9 Å². The van der Waals surface area contributed by atoms with Gasteiger partial charge in [0.05, 0.1) is 0 Å². The zero-order valence-corrected chi connectivity index (χ0v) is 17.7. The number of ether oxygens (including phenoxy) is 1. The summed E-state index contributed by atoms with van der Waals surface area (Å²) in [6.45, 7) is 6.42. The fourth-order valence-electron chi connectivity index (χ4n) is 2.77. The van der Waals surface area contributed by atoms with Crippen LogP contribution >= 0.6 is 15.9 Å². The molecular weight excluding hydrogens is 422 g/mol. The van der Waals surface area contributed by atoms with E-state index in [1.54, 1.807) is 24.3 Å². The molecule has 0 bridgehead atoms. The number of nitrogens with one attached hydrogen (secondary N) is 1. The van der Waals surface area contributed by atoms with Gasteiger partial charge in [-0.3, -0.25) is 4.79 Å². The number of hydrogen-bond donors (Lipinski definition) is 1. The number of esters is 1. The normalized spacial score (nSPS) is 11.0. The summed E-state index contributed by atoms with van der Waals surface area (Å²) in [5, 5.41) is 11.9. The minimum atomic E-state index is -0.825. The van der Waals surface area contributed by atoms with Crippen molar-refractivity contribution in [2.24, 2.45) is 0 Å². The third kappa shape index (κ3) is 5.57. The van der Waals surface area contributed by atoms with E-state index in [0.717, 1.165) is 34.4 Å². The minimum absolute atomic E-state index is 0.145. The molecule has 0 fully saturated rings. The summed E-state index contributed by atoms with van der Waals surface area (Å²) in [6, 6.07) is 10.8. The molecule has 0 saturated heterocycles. The van der Waals surface area contributed by atoms with Gasteiger partial charge in [0.25, 0.3) is 5.91 Å². The van der Waals surface area contributed by atoms with E-state index in [4.69, 9.17) is 4.74 Å². The molecule has 0 aliphatic carbocycles. The summed E-state index contributed by atoms with van der Waals surface area (Å²) in [5.74, 6) is -1.30. The first kappa shape index (κ1) is 21.5. The standard InChI is InChI=1S/C21H22BrN3O3/c1-4-9-25-14(2)10-16(15(25)3)11-17(12-23)21(27)28-13-20(26)24-19-7-5-18(22)6-8-19/h5-8,10-11H,4,9,13H2,1-3H3,(H,24,26). The molecule has 0 aliphatic heterocycles. The van der Waals surface area contributed by atoms with Gasteiger partial charge in [-0.2, -0.15) is 5.26 Å². The van der Waals surface area contributed by atoms with Gasteiger partial charge in [0.2, 0.25) is 0 Å². The van der Waals surface area contributed by atoms with Gasteiger partial charge in [-0.05, 0) is 62.2 Å². The Balaban J connectivity index is 2.02. The smallest absolute Gasteiger partial charge is 0.349 e. The van der Waals surface area contributed by atoms with E-state index < -0.39 is 18.5 Å². The molecule has 2 rings (SSSR count). The minimum Gasteiger partial charge on any atom is -0.451 e. The first-order chi connectivity index (χ1) is 13.3. The maximum absolute atomic E-state index is 12.2. The molecule has 146 valence electrons. The van der Waals surface area contributed by atoms with Crippen molar-refractivity contribution in [3.8, 4) is 6.07 Å². The highest BCUT2D eigenvalue weighted by Gasteiger charge is 2.15. The largest absolute Gasteiger partial charge is 0.451 e. The van der Waals surface area contributed by atoms with Gasteiger partial charge in [0, 0.05) is 28.1 Å². The lowest BCUT2D eigenvalue weighted by molar-refractivity contribution is -0.142. The number of aryl methyl sites for hydroxylation is 1. The van der Waals surface area contributed by atoms with Crippen LogP contribution in [0.3, 0.4) is 0 Å². The van der Waals surface area contributed by atoms with E-state index in [9.17, 15) is 14.9 Å². The Morgan fingerprint density at radius 1 is 1.29 bits per heavy atom. The molecule has 7 heteroatoms. The molecule has 0 saturated carbocycles. The molecule has 28 heavy (non-hydrogen) atoms. The van der Waals surface area contributed by atoms with Gasteiger partial charge >= 0.3 is 5.97 Å². The first-order valence-corrected chi connectivity index (χ1v) is 9.66. The van der Waals surface area contributed by atoms with Crippen LogP contribution in [0.25, 0.3) is 6.08 Å². The van der Waals surface area contributed by atoms with Gasteiger partial charge in [-0.15, -0.1) is 0 Å². The van der Waals surface area contributed by atoms with Crippen LogP contribution in [-0.2, 0) is 20.9 Å². The van der Waals surface area contributed by atoms with Crippen molar-refractivity contribution in [1.29, 1.82) is 5.26 Å². The highest BCUT2D eigenvalue weighted by atomic mass is 79.9. The highest BCUT2D eigenvalue weighted by Crippen LogP contribution is 2.19. The van der Waals surface area contributed by atoms with E-state index in [0.29, 0.717) is 5.69 Å². The lowest BCUT2D eigenvalue weighted by Gasteiger charge is -2.07. The summed E-state index contributed by atoms with van der Waals surface area (Å²) >= 11 is 3.31. The van der Waals surface area contributed by atoms with Gasteiger partial charge in [0.15, 0.2) is 6.61 Å². The average molecular weight is 444 g/mol. The number of nitrogens with zero attached hydrogens (tertiary/aromatic N) is 2. The molecule has 1 N–H and O–H groups in total. The molecule has 0 aliphatic rings. The topological polar surface area (TPSA) is 84.1 Å². The third-order valence-corrected chi connectivity index (χ3v) is 4.69. The molecule has 0 atom stereocenters. The van der Waals surface area contributed by atoms with Gasteiger partial charge < -0.3 is 14.6 Å². The monoisotopic (exact) mass is 443 g/mol. The van der Waals surface area contributed by atoms with E-state index in [-0.39, 0.29) is 5.57 Å². The summed E-state index contributed by atoms with van der Waals surface area (Å²) in [7, 11) is 0. The number of nitriles is 1. The zero-order chi connectivity index (χ0) is 20.7. The quantitative estimate of drug-likeness (QED) is 0.391. The van der Waals surface area contributed by atoms with Crippen LogP contribution in [0.2, 0.25) is 0 Å². The Kier molecular flexibility index (Phi) is 7.59. The summed E-state index contributed by atoms with van der Waals surface area (Å²) in [4.78, 5) is 24.1. The number of aromatic nitrogens is 1. The maximum atomic E-state index is 12.2. The first-order valence-electron chi connectivity index (χ1n) is 8.86. The van der Waals surface area contributed by atoms with Crippen molar-refractivity contribution in [3.63, 3.8) is 0 Å². The average Bonchev–Trinajstić information content (AvgIpc) is 2.93. The van der Waals surface area contributed by atoms with Crippen molar-refractivity contribution in [2.75, 3.05) is 11.9 Å². The molecule has 6 nitrogen and oxygen atoms in total. The fraction of sp³-hybridized carbons (Fsp3) is 0.286. The van der Waals surface area contributed by atoms with Crippen molar-refractivity contribution in [1.82, 2.24) is 4.57 Å². The number of hydrogen-bond acceptors (Lipinski definition) is 4. The summed E-state index contributed by atoms with van der Waals surface area (Å²) in [5.41, 5.74) is 3.27. The fourth-order valence-corrected chi connectivity index (χ4v) is 3.04. The van der Waals surface area contributed by atoms with E-state index in [2.05, 4.69) is 32.7 Å². The summed E-state index contributed by atoms with van der Waals surface area (Å²) < 4.78 is 8.02. The Morgan fingerprint density at radius 3 is 2.57 bits per heavy atom. The molecule has 1 aromatic carbocycles. The molecular formula is C21H22BrN3O3. The second-order valence-electron chi connectivity index (χ2n) is 6.28. The number of anilines is 1. The van der Waals surface area contributed by atoms with Gasteiger partial charge in [0.1, 0.15) is 11.6 Å². The maximum Gasteiger partial charge on any atom is 0.349 e. The number of amides is 1. The van der Waals surface area contributed by atoms with E-state index in [1.807, 2.05) is 26.0 Å². The Morgan fingerprint density at radius 2 is 1.96 bits per heavy atom. The van der Waals surface area contributed by atoms with Crippen molar-refractivity contribution in [2.45, 2.75) is 33.7 Å². The van der Waals surface area contributed by atoms with E-state index >= 15 is 0 Å². The lowest BCUT2D eigenvalue weighted by Crippen LogP contribution is -2.21. The number of rotatable bonds is 7. The molecule has 0 spiro atoms. The van der Waals surface area contributed by atoms with Crippen LogP contribution < -0.4 is 5.32 Å². The van der Waals surface area contributed by atoms with Crippen molar-refractivity contribution < 1.29 is 14.3 Å². The zero-order valence-electron chi connectivity index (χ0n) is 16.1. The highest BCUT2D eigenvalue weighted by molar-refractivity contribution is 9.10. The van der Waals surface area contributed by atoms with Crippen LogP contribution in [0, 0.1) is 25.2 Å². The van der Waals surface area contributed by atoms with Crippen LogP contribution in [0.5, 0.6) is 0 Å². The molecule has 2 aromatic rings. The predicted molar refractivity (Wildman–Crippen MR) is 112 cm³/mol. The van der Waals surface area contributed by atoms with Crippen molar-refractivity contribution in [3.05, 3.63) is 57.3 Å². The number of carbonyl (C=O) groups is 2. The van der Waals surface area contributed by atoms with E-state index in [1.165, 1.54) is 6.08 Å². The SMILES string of the molecule is CCCn1c(C)cc(C=C(C#N)C(=O)OCC(=O)Nc2ccc(Br)cc2)c1C. The van der Waals surface area contributed by atoms with Crippen molar-refractivity contribution >= 4 is 39.6 Å². The van der Waals surface area contributed by atoms with Crippen LogP contribution in [-0.4, -0.2) is 23.1 Å².